The van der Waals surface area contributed by atoms with Gasteiger partial charge >= 0.3 is 0 Å². The first-order valence-electron chi connectivity index (χ1n) is 6.94. The number of halogens is 1. The van der Waals surface area contributed by atoms with Crippen LogP contribution in [0.4, 0.5) is 0 Å². The topological polar surface area (TPSA) is 43.8 Å². The van der Waals surface area contributed by atoms with Crippen molar-refractivity contribution in [1.29, 1.82) is 0 Å². The molecule has 0 aliphatic carbocycles. The smallest absolute Gasteiger partial charge is 0.236 e. The lowest BCUT2D eigenvalue weighted by atomic mass is 10.1. The summed E-state index contributed by atoms with van der Waals surface area (Å²) >= 11 is 3.50. The zero-order valence-corrected chi connectivity index (χ0v) is 13.3. The van der Waals surface area contributed by atoms with E-state index in [4.69, 9.17) is 0 Å². The summed E-state index contributed by atoms with van der Waals surface area (Å²) in [5, 5.41) is 9.63. The number of carbonyl (C=O) groups excluding carboxylic acids is 1. The molecule has 1 fully saturated rings. The van der Waals surface area contributed by atoms with Gasteiger partial charge in [-0.15, -0.1) is 0 Å². The zero-order chi connectivity index (χ0) is 14.5. The number of aliphatic hydroxyl groups excluding tert-OH is 1. The van der Waals surface area contributed by atoms with Crippen molar-refractivity contribution < 1.29 is 9.90 Å². The minimum Gasteiger partial charge on any atom is -0.392 e. The number of likely N-dealkylation sites (N-methyl/N-ethyl adjacent to an activating group) is 1. The molecule has 0 bridgehead atoms. The summed E-state index contributed by atoms with van der Waals surface area (Å²) in [7, 11) is 1.82. The fourth-order valence-corrected chi connectivity index (χ4v) is 2.87. The predicted octanol–water partition coefficient (Wildman–Crippen LogP) is 1.86. The molecular weight excluding hydrogens is 320 g/mol. The fraction of sp³-hybridized carbons (Fsp3) is 0.533. The van der Waals surface area contributed by atoms with Gasteiger partial charge in [-0.05, 0) is 31.0 Å². The molecule has 1 aromatic rings. The Balaban J connectivity index is 1.87. The summed E-state index contributed by atoms with van der Waals surface area (Å²) in [5.74, 6) is 0.0925. The Kier molecular flexibility index (Phi) is 5.57. The van der Waals surface area contributed by atoms with Crippen molar-refractivity contribution in [1.82, 2.24) is 9.80 Å². The summed E-state index contributed by atoms with van der Waals surface area (Å²) in [6.07, 6.45) is 1.52. The molecule has 1 aliphatic rings. The van der Waals surface area contributed by atoms with Crippen molar-refractivity contribution in [2.24, 2.45) is 0 Å². The maximum absolute atomic E-state index is 12.2. The molecule has 1 amide bonds. The highest BCUT2D eigenvalue weighted by Gasteiger charge is 2.21. The average Bonchev–Trinajstić information content (AvgIpc) is 2.41. The first kappa shape index (κ1) is 15.5. The number of aliphatic hydroxyl groups is 1. The van der Waals surface area contributed by atoms with E-state index in [0.717, 1.165) is 29.4 Å². The first-order chi connectivity index (χ1) is 9.56. The second-order valence-electron chi connectivity index (χ2n) is 5.37. The summed E-state index contributed by atoms with van der Waals surface area (Å²) < 4.78 is 1.02. The standard InChI is InChI=1S/C15H21BrN2O2/c1-17(9-12-5-2-3-7-14(12)16)15(20)11-18-8-4-6-13(19)10-18/h2-3,5,7,13,19H,4,6,8-11H2,1H3. The van der Waals surface area contributed by atoms with Gasteiger partial charge < -0.3 is 10.0 Å². The lowest BCUT2D eigenvalue weighted by molar-refractivity contribution is -0.132. The van der Waals surface area contributed by atoms with Crippen LogP contribution in [0.25, 0.3) is 0 Å². The van der Waals surface area contributed by atoms with Crippen molar-refractivity contribution in [3.8, 4) is 0 Å². The van der Waals surface area contributed by atoms with Gasteiger partial charge in [0.15, 0.2) is 0 Å². The third-order valence-corrected chi connectivity index (χ3v) is 4.40. The number of benzene rings is 1. The third-order valence-electron chi connectivity index (χ3n) is 3.63. The molecule has 1 N–H and O–H groups in total. The number of carbonyl (C=O) groups is 1. The van der Waals surface area contributed by atoms with Gasteiger partial charge in [-0.2, -0.15) is 0 Å². The monoisotopic (exact) mass is 340 g/mol. The maximum atomic E-state index is 12.2. The van der Waals surface area contributed by atoms with Crippen LogP contribution in [0.1, 0.15) is 18.4 Å². The molecule has 1 atom stereocenters. The number of rotatable bonds is 4. The SMILES string of the molecule is CN(Cc1ccccc1Br)C(=O)CN1CCCC(O)C1. The summed E-state index contributed by atoms with van der Waals surface area (Å²) in [6, 6.07) is 7.93. The normalized spacial score (nSPS) is 19.9. The van der Waals surface area contributed by atoms with Crippen LogP contribution in [0, 0.1) is 0 Å². The van der Waals surface area contributed by atoms with Crippen LogP contribution in [0.15, 0.2) is 28.7 Å². The van der Waals surface area contributed by atoms with E-state index in [1.165, 1.54) is 0 Å². The van der Waals surface area contributed by atoms with Gasteiger partial charge in [0.25, 0.3) is 0 Å². The lowest BCUT2D eigenvalue weighted by Crippen LogP contribution is -2.44. The van der Waals surface area contributed by atoms with E-state index in [1.54, 1.807) is 4.90 Å². The molecule has 0 saturated carbocycles. The van der Waals surface area contributed by atoms with Gasteiger partial charge in [-0.3, -0.25) is 9.69 Å². The number of amides is 1. The zero-order valence-electron chi connectivity index (χ0n) is 11.8. The largest absolute Gasteiger partial charge is 0.392 e. The minimum atomic E-state index is -0.287. The number of hydrogen-bond acceptors (Lipinski definition) is 3. The average molecular weight is 341 g/mol. The van der Waals surface area contributed by atoms with Crippen LogP contribution in [-0.2, 0) is 11.3 Å². The van der Waals surface area contributed by atoms with Crippen LogP contribution in [0.5, 0.6) is 0 Å². The van der Waals surface area contributed by atoms with E-state index in [1.807, 2.05) is 36.2 Å². The molecule has 2 rings (SSSR count). The molecule has 20 heavy (non-hydrogen) atoms. The summed E-state index contributed by atoms with van der Waals surface area (Å²) in [4.78, 5) is 16.0. The molecule has 1 unspecified atom stereocenters. The van der Waals surface area contributed by atoms with E-state index >= 15 is 0 Å². The van der Waals surface area contributed by atoms with Gasteiger partial charge in [-0.25, -0.2) is 0 Å². The number of hydrogen-bond donors (Lipinski definition) is 1. The molecule has 5 heteroatoms. The molecule has 4 nitrogen and oxygen atoms in total. The van der Waals surface area contributed by atoms with Gasteiger partial charge in [0, 0.05) is 24.6 Å². The van der Waals surface area contributed by atoms with Gasteiger partial charge in [0.2, 0.25) is 5.91 Å². The van der Waals surface area contributed by atoms with Crippen LogP contribution < -0.4 is 0 Å². The van der Waals surface area contributed by atoms with Crippen LogP contribution >= 0.6 is 15.9 Å². The molecule has 0 radical (unpaired) electrons. The van der Waals surface area contributed by atoms with E-state index in [9.17, 15) is 9.90 Å². The molecule has 1 aromatic carbocycles. The van der Waals surface area contributed by atoms with E-state index < -0.39 is 0 Å². The molecule has 1 heterocycles. The van der Waals surface area contributed by atoms with Crippen molar-refractivity contribution >= 4 is 21.8 Å². The second-order valence-corrected chi connectivity index (χ2v) is 6.23. The first-order valence-corrected chi connectivity index (χ1v) is 7.73. The molecular formula is C15H21BrN2O2. The van der Waals surface area contributed by atoms with Gasteiger partial charge in [-0.1, -0.05) is 34.1 Å². The van der Waals surface area contributed by atoms with Crippen LogP contribution in [0.3, 0.4) is 0 Å². The molecule has 1 saturated heterocycles. The Morgan fingerprint density at radius 1 is 1.50 bits per heavy atom. The Morgan fingerprint density at radius 2 is 2.25 bits per heavy atom. The number of piperidine rings is 1. The third kappa shape index (κ3) is 4.30. The van der Waals surface area contributed by atoms with Crippen molar-refractivity contribution in [3.63, 3.8) is 0 Å². The second kappa shape index (κ2) is 7.20. The van der Waals surface area contributed by atoms with Crippen molar-refractivity contribution in [2.45, 2.75) is 25.5 Å². The lowest BCUT2D eigenvalue weighted by Gasteiger charge is -2.30. The van der Waals surface area contributed by atoms with Crippen LogP contribution in [0.2, 0.25) is 0 Å². The number of nitrogens with zero attached hydrogens (tertiary/aromatic N) is 2. The quantitative estimate of drug-likeness (QED) is 0.909. The minimum absolute atomic E-state index is 0.0925. The highest BCUT2D eigenvalue weighted by molar-refractivity contribution is 9.10. The highest BCUT2D eigenvalue weighted by atomic mass is 79.9. The Bertz CT molecular complexity index is 467. The molecule has 110 valence electrons. The Hall–Kier alpha value is -0.910. The predicted molar refractivity (Wildman–Crippen MR) is 82.3 cm³/mol. The Morgan fingerprint density at radius 3 is 2.95 bits per heavy atom. The van der Waals surface area contributed by atoms with E-state index in [2.05, 4.69) is 15.9 Å². The van der Waals surface area contributed by atoms with Gasteiger partial charge in [0.05, 0.1) is 12.6 Å². The maximum Gasteiger partial charge on any atom is 0.236 e. The van der Waals surface area contributed by atoms with Crippen molar-refractivity contribution in [3.05, 3.63) is 34.3 Å². The van der Waals surface area contributed by atoms with E-state index in [0.29, 0.717) is 19.6 Å². The number of likely N-dealkylation sites (tertiary alicyclic amines) is 1. The molecule has 0 spiro atoms. The van der Waals surface area contributed by atoms with Crippen molar-refractivity contribution in [2.75, 3.05) is 26.7 Å². The molecule has 1 aliphatic heterocycles. The number of β-amino-alcohol motifs (C(OH)–C–C–N with tert-alkyl or cyclic N) is 1. The van der Waals surface area contributed by atoms with E-state index in [-0.39, 0.29) is 12.0 Å². The molecule has 0 aromatic heterocycles. The highest BCUT2D eigenvalue weighted by Crippen LogP contribution is 2.17. The van der Waals surface area contributed by atoms with Crippen LogP contribution in [-0.4, -0.2) is 53.6 Å². The Labute approximate surface area is 128 Å². The van der Waals surface area contributed by atoms with Gasteiger partial charge in [0.1, 0.15) is 0 Å². The summed E-state index contributed by atoms with van der Waals surface area (Å²) in [5.41, 5.74) is 1.10. The fourth-order valence-electron chi connectivity index (χ4n) is 2.46. The summed E-state index contributed by atoms with van der Waals surface area (Å²) in [6.45, 7) is 2.48.